The Bertz CT molecular complexity index is 325. The van der Waals surface area contributed by atoms with Crippen LogP contribution < -0.4 is 0 Å². The zero-order chi connectivity index (χ0) is 13.4. The average Bonchev–Trinajstić information content (AvgIpc) is 2.82. The SMILES string of the molecule is CCCCCCCCC(O)c1snnc1C(C)C. The lowest BCUT2D eigenvalue weighted by atomic mass is 10.0. The Hall–Kier alpha value is -0.480. The Labute approximate surface area is 115 Å². The van der Waals surface area contributed by atoms with Gasteiger partial charge in [-0.05, 0) is 23.9 Å². The maximum atomic E-state index is 10.2. The maximum Gasteiger partial charge on any atom is 0.0917 e. The molecule has 18 heavy (non-hydrogen) atoms. The smallest absolute Gasteiger partial charge is 0.0917 e. The molecule has 1 aromatic rings. The van der Waals surface area contributed by atoms with Gasteiger partial charge < -0.3 is 5.11 Å². The molecule has 0 radical (unpaired) electrons. The van der Waals surface area contributed by atoms with Crippen LogP contribution in [0.2, 0.25) is 0 Å². The normalized spacial score (nSPS) is 13.2. The summed E-state index contributed by atoms with van der Waals surface area (Å²) in [5, 5.41) is 14.3. The van der Waals surface area contributed by atoms with Gasteiger partial charge in [0, 0.05) is 0 Å². The minimum atomic E-state index is -0.367. The fraction of sp³-hybridized carbons (Fsp3) is 0.857. The number of aliphatic hydroxyl groups is 1. The van der Waals surface area contributed by atoms with Crippen LogP contribution in [0, 0.1) is 0 Å². The van der Waals surface area contributed by atoms with E-state index in [9.17, 15) is 5.11 Å². The molecule has 0 spiro atoms. The number of unbranched alkanes of at least 4 members (excludes halogenated alkanes) is 5. The van der Waals surface area contributed by atoms with Crippen molar-refractivity contribution < 1.29 is 5.11 Å². The zero-order valence-corrected chi connectivity index (χ0v) is 12.7. The van der Waals surface area contributed by atoms with E-state index in [2.05, 4.69) is 30.4 Å². The third-order valence-corrected chi connectivity index (χ3v) is 4.06. The minimum Gasteiger partial charge on any atom is -0.387 e. The van der Waals surface area contributed by atoms with E-state index in [1.165, 1.54) is 43.6 Å². The molecule has 4 heteroatoms. The molecule has 1 N–H and O–H groups in total. The van der Waals surface area contributed by atoms with Crippen molar-refractivity contribution in [2.45, 2.75) is 77.7 Å². The number of aliphatic hydroxyl groups excluding tert-OH is 1. The molecule has 3 nitrogen and oxygen atoms in total. The first-order valence-corrected chi connectivity index (χ1v) is 7.94. The molecule has 0 amide bonds. The van der Waals surface area contributed by atoms with Crippen LogP contribution in [0.1, 0.15) is 88.3 Å². The Kier molecular flexibility index (Phi) is 7.44. The minimum absolute atomic E-state index is 0.345. The van der Waals surface area contributed by atoms with Crippen molar-refractivity contribution in [2.75, 3.05) is 0 Å². The molecule has 1 heterocycles. The van der Waals surface area contributed by atoms with E-state index < -0.39 is 0 Å². The second-order valence-electron chi connectivity index (χ2n) is 5.25. The topological polar surface area (TPSA) is 46.0 Å². The predicted octanol–water partition coefficient (Wildman–Crippen LogP) is 4.45. The van der Waals surface area contributed by atoms with Crippen molar-refractivity contribution in [3.63, 3.8) is 0 Å². The maximum absolute atomic E-state index is 10.2. The van der Waals surface area contributed by atoms with Gasteiger partial charge in [-0.15, -0.1) is 5.10 Å². The van der Waals surface area contributed by atoms with Crippen LogP contribution >= 0.6 is 11.5 Å². The first-order valence-electron chi connectivity index (χ1n) is 7.17. The third kappa shape index (κ3) is 5.02. The van der Waals surface area contributed by atoms with Gasteiger partial charge in [-0.3, -0.25) is 0 Å². The molecular formula is C14H26N2OS. The van der Waals surface area contributed by atoms with Crippen LogP contribution in [0.25, 0.3) is 0 Å². The van der Waals surface area contributed by atoms with Crippen molar-refractivity contribution in [1.82, 2.24) is 9.59 Å². The zero-order valence-electron chi connectivity index (χ0n) is 11.9. The van der Waals surface area contributed by atoms with E-state index in [4.69, 9.17) is 0 Å². The first-order chi connectivity index (χ1) is 8.66. The largest absolute Gasteiger partial charge is 0.387 e. The lowest BCUT2D eigenvalue weighted by molar-refractivity contribution is 0.165. The van der Waals surface area contributed by atoms with Gasteiger partial charge in [0.1, 0.15) is 0 Å². The highest BCUT2D eigenvalue weighted by molar-refractivity contribution is 7.05. The van der Waals surface area contributed by atoms with E-state index in [1.54, 1.807) is 0 Å². The van der Waals surface area contributed by atoms with Crippen LogP contribution in [0.15, 0.2) is 0 Å². The second kappa shape index (κ2) is 8.59. The van der Waals surface area contributed by atoms with Crippen molar-refractivity contribution in [3.8, 4) is 0 Å². The van der Waals surface area contributed by atoms with Gasteiger partial charge in [0.05, 0.1) is 16.7 Å². The van der Waals surface area contributed by atoms with Crippen molar-refractivity contribution >= 4 is 11.5 Å². The van der Waals surface area contributed by atoms with E-state index in [0.717, 1.165) is 23.4 Å². The Morgan fingerprint density at radius 2 is 1.78 bits per heavy atom. The van der Waals surface area contributed by atoms with Crippen LogP contribution in [-0.2, 0) is 0 Å². The van der Waals surface area contributed by atoms with Crippen LogP contribution in [-0.4, -0.2) is 14.7 Å². The van der Waals surface area contributed by atoms with Gasteiger partial charge in [0.25, 0.3) is 0 Å². The third-order valence-electron chi connectivity index (χ3n) is 3.22. The van der Waals surface area contributed by atoms with Crippen molar-refractivity contribution in [1.29, 1.82) is 0 Å². The molecule has 0 aliphatic carbocycles. The van der Waals surface area contributed by atoms with Crippen LogP contribution in [0.3, 0.4) is 0 Å². The summed E-state index contributed by atoms with van der Waals surface area (Å²) in [5.74, 6) is 0.345. The monoisotopic (exact) mass is 270 g/mol. The predicted molar refractivity (Wildman–Crippen MR) is 77.0 cm³/mol. The summed E-state index contributed by atoms with van der Waals surface area (Å²) in [4.78, 5) is 0.971. The van der Waals surface area contributed by atoms with Gasteiger partial charge in [0.15, 0.2) is 0 Å². The van der Waals surface area contributed by atoms with Gasteiger partial charge in [0.2, 0.25) is 0 Å². The van der Waals surface area contributed by atoms with Gasteiger partial charge in [-0.1, -0.05) is 63.8 Å². The van der Waals surface area contributed by atoms with Crippen LogP contribution in [0.4, 0.5) is 0 Å². The fourth-order valence-electron chi connectivity index (χ4n) is 2.09. The Balaban J connectivity index is 2.27. The molecule has 1 aromatic heterocycles. The molecule has 1 rings (SSSR count). The molecule has 0 aromatic carbocycles. The van der Waals surface area contributed by atoms with E-state index >= 15 is 0 Å². The quantitative estimate of drug-likeness (QED) is 0.674. The van der Waals surface area contributed by atoms with Gasteiger partial charge in [-0.2, -0.15) is 0 Å². The van der Waals surface area contributed by atoms with Crippen molar-refractivity contribution in [2.24, 2.45) is 0 Å². The van der Waals surface area contributed by atoms with Crippen LogP contribution in [0.5, 0.6) is 0 Å². The molecule has 0 aliphatic rings. The van der Waals surface area contributed by atoms with E-state index in [1.807, 2.05) is 0 Å². The number of aromatic nitrogens is 2. The van der Waals surface area contributed by atoms with E-state index in [0.29, 0.717) is 5.92 Å². The highest BCUT2D eigenvalue weighted by Crippen LogP contribution is 2.29. The summed E-state index contributed by atoms with van der Waals surface area (Å²) >= 11 is 1.35. The molecule has 0 bridgehead atoms. The highest BCUT2D eigenvalue weighted by atomic mass is 32.1. The summed E-state index contributed by atoms with van der Waals surface area (Å²) in [7, 11) is 0. The van der Waals surface area contributed by atoms with Gasteiger partial charge in [-0.25, -0.2) is 0 Å². The summed E-state index contributed by atoms with van der Waals surface area (Å²) < 4.78 is 3.96. The molecule has 1 unspecified atom stereocenters. The molecule has 104 valence electrons. The Morgan fingerprint density at radius 1 is 1.11 bits per heavy atom. The standard InChI is InChI=1S/C14H26N2OS/c1-4-5-6-7-8-9-10-12(17)14-13(11(2)3)15-16-18-14/h11-12,17H,4-10H2,1-3H3. The average molecular weight is 270 g/mol. The molecule has 0 aliphatic heterocycles. The molecule has 0 saturated carbocycles. The molecule has 0 saturated heterocycles. The molecule has 1 atom stereocenters. The number of hydrogen-bond donors (Lipinski definition) is 1. The summed E-state index contributed by atoms with van der Waals surface area (Å²) in [6, 6.07) is 0. The summed E-state index contributed by atoms with van der Waals surface area (Å²) in [6.07, 6.45) is 8.03. The number of hydrogen-bond acceptors (Lipinski definition) is 4. The van der Waals surface area contributed by atoms with Gasteiger partial charge >= 0.3 is 0 Å². The highest BCUT2D eigenvalue weighted by Gasteiger charge is 2.18. The lowest BCUT2D eigenvalue weighted by Gasteiger charge is -2.11. The van der Waals surface area contributed by atoms with E-state index in [-0.39, 0.29) is 6.10 Å². The summed E-state index contributed by atoms with van der Waals surface area (Å²) in [6.45, 7) is 6.42. The molecular weight excluding hydrogens is 244 g/mol. The number of rotatable bonds is 9. The molecule has 0 fully saturated rings. The number of nitrogens with zero attached hydrogens (tertiary/aromatic N) is 2. The second-order valence-corrected chi connectivity index (χ2v) is 6.04. The van der Waals surface area contributed by atoms with Crippen molar-refractivity contribution in [3.05, 3.63) is 10.6 Å². The Morgan fingerprint density at radius 3 is 2.44 bits per heavy atom. The lowest BCUT2D eigenvalue weighted by Crippen LogP contribution is -2.01. The fourth-order valence-corrected chi connectivity index (χ4v) is 2.91. The first kappa shape index (κ1) is 15.6. The summed E-state index contributed by atoms with van der Waals surface area (Å²) in [5.41, 5.74) is 0.971.